The molecular weight excluding hydrogens is 560 g/mol. The van der Waals surface area contributed by atoms with Crippen molar-refractivity contribution in [2.45, 2.75) is 25.1 Å². The summed E-state index contributed by atoms with van der Waals surface area (Å²) in [6.45, 7) is -1.70. The van der Waals surface area contributed by atoms with Crippen LogP contribution in [0.5, 0.6) is 0 Å². The Labute approximate surface area is 226 Å². The van der Waals surface area contributed by atoms with Crippen LogP contribution in [0, 0.1) is 17.5 Å². The molecule has 0 aliphatic heterocycles. The van der Waals surface area contributed by atoms with Crippen molar-refractivity contribution in [2.75, 3.05) is 25.6 Å². The number of aromatic nitrogens is 1. The minimum Gasteiger partial charge on any atom is -0.447 e. The quantitative estimate of drug-likeness (QED) is 0.212. The second-order valence-corrected chi connectivity index (χ2v) is 9.84. The first-order valence-electron chi connectivity index (χ1n) is 11.6. The number of ether oxygens (including phenoxy) is 1. The molecule has 16 heteroatoms. The monoisotopic (exact) mass is 586 g/mol. The van der Waals surface area contributed by atoms with E-state index in [-0.39, 0.29) is 24.3 Å². The number of aliphatic hydroxyl groups excluding tert-OH is 1. The van der Waals surface area contributed by atoms with E-state index in [4.69, 9.17) is 14.5 Å². The Hall–Kier alpha value is -3.75. The number of phosphoric acid groups is 1. The van der Waals surface area contributed by atoms with E-state index >= 15 is 0 Å². The molecule has 1 heterocycles. The fourth-order valence-corrected chi connectivity index (χ4v) is 3.91. The number of amides is 3. The van der Waals surface area contributed by atoms with Gasteiger partial charge in [-0.1, -0.05) is 12.1 Å². The summed E-state index contributed by atoms with van der Waals surface area (Å²) in [6.07, 6.45) is -1.47. The number of nitrogens with zero attached hydrogens (tertiary/aromatic N) is 2. The van der Waals surface area contributed by atoms with Crippen LogP contribution in [0.1, 0.15) is 12.0 Å². The number of benzene rings is 2. The molecule has 5 N–H and O–H groups in total. The van der Waals surface area contributed by atoms with Gasteiger partial charge in [0, 0.05) is 30.7 Å². The average molecular weight is 586 g/mol. The van der Waals surface area contributed by atoms with Crippen molar-refractivity contribution < 1.29 is 51.5 Å². The summed E-state index contributed by atoms with van der Waals surface area (Å²) in [5, 5.41) is 16.0. The Balaban J connectivity index is 1.65. The van der Waals surface area contributed by atoms with E-state index in [1.54, 1.807) is 0 Å². The summed E-state index contributed by atoms with van der Waals surface area (Å²) in [5.41, 5.74) is -0.133. The van der Waals surface area contributed by atoms with E-state index in [2.05, 4.69) is 20.1 Å². The largest absolute Gasteiger partial charge is 0.469 e. The summed E-state index contributed by atoms with van der Waals surface area (Å²) in [4.78, 5) is 47.9. The summed E-state index contributed by atoms with van der Waals surface area (Å²) in [6, 6.07) is 6.97. The lowest BCUT2D eigenvalue weighted by Crippen LogP contribution is -2.47. The average Bonchev–Trinajstić information content (AvgIpc) is 2.89. The van der Waals surface area contributed by atoms with Gasteiger partial charge >= 0.3 is 19.9 Å². The van der Waals surface area contributed by atoms with E-state index < -0.39 is 62.8 Å². The van der Waals surface area contributed by atoms with Gasteiger partial charge in [-0.2, -0.15) is 0 Å². The molecule has 0 aliphatic rings. The van der Waals surface area contributed by atoms with Gasteiger partial charge < -0.3 is 29.8 Å². The molecule has 0 saturated carbocycles. The first kappa shape index (κ1) is 30.8. The highest BCUT2D eigenvalue weighted by molar-refractivity contribution is 7.46. The van der Waals surface area contributed by atoms with Gasteiger partial charge in [0.25, 0.3) is 0 Å². The third kappa shape index (κ3) is 9.17. The zero-order chi connectivity index (χ0) is 29.4. The standard InChI is InChI=1S/C24H26F3N4O8P/c1-31(23(33)29-11-15-3-2-4-20(26)22(15)27)18(9-19(32)13-39-40(35,36)37)12-38-24(34)30-21-8-16-7-17(25)6-5-14(16)10-28-21/h2-8,10,18-19,32H,9,11-13H2,1H3,(H,29,33)(H,28,30,34)(H2,35,36,37)/t18-,19+/m0/s1. The Morgan fingerprint density at radius 1 is 1.10 bits per heavy atom. The molecule has 1 aromatic heterocycles. The predicted octanol–water partition coefficient (Wildman–Crippen LogP) is 3.27. The number of urea groups is 1. The van der Waals surface area contributed by atoms with Gasteiger partial charge in [0.05, 0.1) is 18.8 Å². The number of likely N-dealkylation sites (N-methyl/N-ethyl adjacent to an activating group) is 1. The number of anilines is 1. The molecule has 0 bridgehead atoms. The topological polar surface area (TPSA) is 171 Å². The van der Waals surface area contributed by atoms with Gasteiger partial charge in [0.15, 0.2) is 11.6 Å². The minimum absolute atomic E-state index is 0.0398. The van der Waals surface area contributed by atoms with Crippen molar-refractivity contribution in [2.24, 2.45) is 0 Å². The van der Waals surface area contributed by atoms with E-state index in [1.165, 1.54) is 49.6 Å². The second kappa shape index (κ2) is 13.5. The molecule has 3 amide bonds. The van der Waals surface area contributed by atoms with Crippen molar-refractivity contribution in [3.8, 4) is 0 Å². The van der Waals surface area contributed by atoms with Crippen molar-refractivity contribution in [3.05, 3.63) is 71.7 Å². The van der Waals surface area contributed by atoms with E-state index in [9.17, 15) is 32.4 Å². The number of pyridine rings is 1. The highest BCUT2D eigenvalue weighted by atomic mass is 31.2. The van der Waals surface area contributed by atoms with Crippen molar-refractivity contribution in [1.82, 2.24) is 15.2 Å². The van der Waals surface area contributed by atoms with Crippen LogP contribution in [0.2, 0.25) is 0 Å². The molecule has 2 aromatic carbocycles. The molecule has 0 radical (unpaired) electrons. The predicted molar refractivity (Wildman–Crippen MR) is 135 cm³/mol. The number of hydrogen-bond donors (Lipinski definition) is 5. The minimum atomic E-state index is -4.90. The molecule has 2 atom stereocenters. The number of aliphatic hydroxyl groups is 1. The van der Waals surface area contributed by atoms with Gasteiger partial charge in [-0.05, 0) is 42.1 Å². The molecule has 216 valence electrons. The van der Waals surface area contributed by atoms with Crippen LogP contribution in [0.25, 0.3) is 10.8 Å². The summed E-state index contributed by atoms with van der Waals surface area (Å²) < 4.78 is 61.3. The van der Waals surface area contributed by atoms with Crippen LogP contribution in [0.15, 0.2) is 48.7 Å². The highest BCUT2D eigenvalue weighted by Crippen LogP contribution is 2.36. The Bertz CT molecular complexity index is 1410. The smallest absolute Gasteiger partial charge is 0.447 e. The van der Waals surface area contributed by atoms with Crippen LogP contribution in [0.3, 0.4) is 0 Å². The third-order valence-corrected chi connectivity index (χ3v) is 6.12. The molecule has 0 unspecified atom stereocenters. The van der Waals surface area contributed by atoms with Gasteiger partial charge in [0.2, 0.25) is 0 Å². The maximum atomic E-state index is 13.9. The normalized spacial score (nSPS) is 13.0. The number of hydrogen-bond acceptors (Lipinski definition) is 7. The Morgan fingerprint density at radius 2 is 1.85 bits per heavy atom. The summed E-state index contributed by atoms with van der Waals surface area (Å²) in [7, 11) is -3.63. The number of carbonyl (C=O) groups is 2. The summed E-state index contributed by atoms with van der Waals surface area (Å²) in [5.74, 6) is -2.69. The first-order valence-corrected chi connectivity index (χ1v) is 13.2. The molecule has 3 aromatic rings. The number of halogens is 3. The number of rotatable bonds is 11. The zero-order valence-electron chi connectivity index (χ0n) is 21.0. The number of phosphoric ester groups is 1. The van der Waals surface area contributed by atoms with Crippen LogP contribution < -0.4 is 10.6 Å². The van der Waals surface area contributed by atoms with Crippen LogP contribution in [0.4, 0.5) is 28.6 Å². The van der Waals surface area contributed by atoms with Crippen LogP contribution in [-0.2, 0) is 20.4 Å². The SMILES string of the molecule is CN(C(=O)NCc1cccc(F)c1F)[C@H](COC(=O)Nc1cc2cc(F)ccc2cn1)C[C@@H](O)COP(=O)(O)O. The number of nitrogens with one attached hydrogen (secondary N) is 2. The maximum Gasteiger partial charge on any atom is 0.469 e. The van der Waals surface area contributed by atoms with Crippen LogP contribution >= 0.6 is 7.82 Å². The lowest BCUT2D eigenvalue weighted by Gasteiger charge is -2.29. The van der Waals surface area contributed by atoms with Gasteiger partial charge in [0.1, 0.15) is 18.2 Å². The summed E-state index contributed by atoms with van der Waals surface area (Å²) >= 11 is 0. The van der Waals surface area contributed by atoms with Crippen molar-refractivity contribution in [1.29, 1.82) is 0 Å². The lowest BCUT2D eigenvalue weighted by molar-refractivity contribution is 0.0452. The van der Waals surface area contributed by atoms with Crippen LogP contribution in [-0.4, -0.2) is 69.3 Å². The van der Waals surface area contributed by atoms with E-state index in [0.29, 0.717) is 10.8 Å². The molecule has 0 fully saturated rings. The molecular formula is C24H26F3N4O8P. The van der Waals surface area contributed by atoms with Gasteiger partial charge in [-0.25, -0.2) is 32.3 Å². The lowest BCUT2D eigenvalue weighted by atomic mass is 10.1. The molecule has 0 saturated heterocycles. The number of fused-ring (bicyclic) bond motifs is 1. The fourth-order valence-electron chi connectivity index (χ4n) is 3.54. The maximum absolute atomic E-state index is 13.9. The first-order chi connectivity index (χ1) is 18.8. The van der Waals surface area contributed by atoms with E-state index in [1.807, 2.05) is 0 Å². The highest BCUT2D eigenvalue weighted by Gasteiger charge is 2.27. The van der Waals surface area contributed by atoms with Crippen molar-refractivity contribution in [3.63, 3.8) is 0 Å². The van der Waals surface area contributed by atoms with Gasteiger partial charge in [-0.15, -0.1) is 0 Å². The number of carbonyl (C=O) groups excluding carboxylic acids is 2. The Kier molecular flexibility index (Phi) is 10.4. The molecule has 0 aliphatic carbocycles. The molecule has 3 rings (SSSR count). The Morgan fingerprint density at radius 3 is 2.58 bits per heavy atom. The fraction of sp³-hybridized carbons (Fsp3) is 0.292. The second-order valence-electron chi connectivity index (χ2n) is 8.60. The van der Waals surface area contributed by atoms with E-state index in [0.717, 1.165) is 11.0 Å². The third-order valence-electron chi connectivity index (χ3n) is 5.63. The van der Waals surface area contributed by atoms with Gasteiger partial charge in [-0.3, -0.25) is 9.84 Å². The molecule has 12 nitrogen and oxygen atoms in total. The van der Waals surface area contributed by atoms with Crippen molar-refractivity contribution >= 4 is 36.5 Å². The molecule has 0 spiro atoms. The molecule has 40 heavy (non-hydrogen) atoms. The zero-order valence-corrected chi connectivity index (χ0v) is 21.9.